The first kappa shape index (κ1) is 11.4. The zero-order valence-corrected chi connectivity index (χ0v) is 9.84. The Hall–Kier alpha value is -0.720. The van der Waals surface area contributed by atoms with E-state index in [-0.39, 0.29) is 0 Å². The summed E-state index contributed by atoms with van der Waals surface area (Å²) in [6.07, 6.45) is 3.59. The largest absolute Gasteiger partial charge is 0.466 e. The summed E-state index contributed by atoms with van der Waals surface area (Å²) in [7, 11) is 0. The summed E-state index contributed by atoms with van der Waals surface area (Å²) >= 11 is 0. The van der Waals surface area contributed by atoms with Crippen LogP contribution in [0.25, 0.3) is 0 Å². The van der Waals surface area contributed by atoms with Crippen molar-refractivity contribution in [1.82, 2.24) is 0 Å². The zero-order valence-electron chi connectivity index (χ0n) is 9.84. The lowest BCUT2D eigenvalue weighted by atomic mass is 10.0. The van der Waals surface area contributed by atoms with Gasteiger partial charge in [-0.05, 0) is 25.0 Å². The second-order valence-corrected chi connectivity index (χ2v) is 4.24. The Labute approximate surface area is 87.5 Å². The van der Waals surface area contributed by atoms with Crippen LogP contribution in [0.15, 0.2) is 16.5 Å². The van der Waals surface area contributed by atoms with Gasteiger partial charge in [-0.15, -0.1) is 0 Å². The van der Waals surface area contributed by atoms with E-state index in [9.17, 15) is 0 Å². The van der Waals surface area contributed by atoms with Crippen LogP contribution in [-0.2, 0) is 0 Å². The highest BCUT2D eigenvalue weighted by Gasteiger charge is 2.12. The van der Waals surface area contributed by atoms with Crippen molar-refractivity contribution in [2.45, 2.75) is 58.8 Å². The van der Waals surface area contributed by atoms with Crippen molar-refractivity contribution >= 4 is 0 Å². The molecule has 0 N–H and O–H groups in total. The van der Waals surface area contributed by atoms with Crippen LogP contribution >= 0.6 is 0 Å². The van der Waals surface area contributed by atoms with Gasteiger partial charge in [0, 0.05) is 11.8 Å². The van der Waals surface area contributed by atoms with Crippen LogP contribution in [0.2, 0.25) is 0 Å². The molecule has 0 bridgehead atoms. The van der Waals surface area contributed by atoms with Crippen LogP contribution in [0, 0.1) is 0 Å². The zero-order chi connectivity index (χ0) is 10.6. The molecule has 1 rings (SSSR count). The van der Waals surface area contributed by atoms with Gasteiger partial charge in [0.2, 0.25) is 0 Å². The van der Waals surface area contributed by atoms with E-state index in [0.717, 1.165) is 17.9 Å². The quantitative estimate of drug-likeness (QED) is 0.662. The third kappa shape index (κ3) is 2.63. The predicted octanol–water partition coefficient (Wildman–Crippen LogP) is 4.70. The molecule has 0 saturated carbocycles. The molecule has 0 aliphatic carbocycles. The van der Waals surface area contributed by atoms with Crippen molar-refractivity contribution in [2.24, 2.45) is 0 Å². The van der Waals surface area contributed by atoms with Crippen molar-refractivity contribution in [3.05, 3.63) is 23.7 Å². The molecule has 1 aromatic rings. The average molecular weight is 194 g/mol. The Morgan fingerprint density at radius 1 is 1.07 bits per heavy atom. The molecule has 1 nitrogen and oxygen atoms in total. The molecular weight excluding hydrogens is 172 g/mol. The topological polar surface area (TPSA) is 13.1 Å². The lowest BCUT2D eigenvalue weighted by Crippen LogP contribution is -1.91. The highest BCUT2D eigenvalue weighted by atomic mass is 16.3. The summed E-state index contributed by atoms with van der Waals surface area (Å²) in [5.74, 6) is 3.42. The molecule has 1 heteroatoms. The molecule has 14 heavy (non-hydrogen) atoms. The summed E-state index contributed by atoms with van der Waals surface area (Å²) in [6, 6.07) is 4.28. The third-order valence-corrected chi connectivity index (χ3v) is 2.95. The lowest BCUT2D eigenvalue weighted by Gasteiger charge is -2.07. The second-order valence-electron chi connectivity index (χ2n) is 4.24. The Balaban J connectivity index is 2.67. The van der Waals surface area contributed by atoms with Crippen LogP contribution in [0.3, 0.4) is 0 Å². The molecule has 1 aromatic heterocycles. The Kier molecular flexibility index (Phi) is 4.24. The van der Waals surface area contributed by atoms with E-state index in [2.05, 4.69) is 39.8 Å². The Bertz CT molecular complexity index is 262. The van der Waals surface area contributed by atoms with Crippen LogP contribution in [0.4, 0.5) is 0 Å². The Morgan fingerprint density at radius 2 is 1.64 bits per heavy atom. The molecule has 0 amide bonds. The molecule has 2 atom stereocenters. The average Bonchev–Trinajstić information content (AvgIpc) is 2.66. The molecular formula is C13H22O. The van der Waals surface area contributed by atoms with E-state index in [1.54, 1.807) is 0 Å². The first-order valence-electron chi connectivity index (χ1n) is 5.78. The van der Waals surface area contributed by atoms with Gasteiger partial charge in [0.15, 0.2) is 0 Å². The summed E-state index contributed by atoms with van der Waals surface area (Å²) in [4.78, 5) is 0. The third-order valence-electron chi connectivity index (χ3n) is 2.95. The first-order chi connectivity index (χ1) is 6.69. The summed E-state index contributed by atoms with van der Waals surface area (Å²) in [5, 5.41) is 0. The van der Waals surface area contributed by atoms with E-state index in [1.165, 1.54) is 12.8 Å². The molecule has 0 aliphatic rings. The molecule has 80 valence electrons. The van der Waals surface area contributed by atoms with Crippen molar-refractivity contribution < 1.29 is 4.42 Å². The molecule has 0 fully saturated rings. The summed E-state index contributed by atoms with van der Waals surface area (Å²) in [5.41, 5.74) is 0. The normalized spacial score (nSPS) is 15.4. The predicted molar refractivity (Wildman–Crippen MR) is 60.7 cm³/mol. The van der Waals surface area contributed by atoms with Crippen LogP contribution in [0.1, 0.15) is 70.3 Å². The highest BCUT2D eigenvalue weighted by molar-refractivity contribution is 5.13. The molecule has 1 heterocycles. The fraction of sp³-hybridized carbons (Fsp3) is 0.692. The molecule has 0 saturated heterocycles. The maximum Gasteiger partial charge on any atom is 0.106 e. The second kappa shape index (κ2) is 5.23. The van der Waals surface area contributed by atoms with E-state index >= 15 is 0 Å². The number of hydrogen-bond acceptors (Lipinski definition) is 1. The van der Waals surface area contributed by atoms with E-state index in [4.69, 9.17) is 4.42 Å². The van der Waals surface area contributed by atoms with E-state index < -0.39 is 0 Å². The molecule has 0 spiro atoms. The van der Waals surface area contributed by atoms with Crippen LogP contribution in [0.5, 0.6) is 0 Å². The number of hydrogen-bond donors (Lipinski definition) is 0. The fourth-order valence-electron chi connectivity index (χ4n) is 1.67. The van der Waals surface area contributed by atoms with Crippen molar-refractivity contribution in [1.29, 1.82) is 0 Å². The van der Waals surface area contributed by atoms with E-state index in [1.807, 2.05) is 0 Å². The van der Waals surface area contributed by atoms with Crippen LogP contribution < -0.4 is 0 Å². The molecule has 0 aliphatic heterocycles. The fourth-order valence-corrected chi connectivity index (χ4v) is 1.67. The minimum absolute atomic E-state index is 0.553. The summed E-state index contributed by atoms with van der Waals surface area (Å²) in [6.45, 7) is 8.87. The maximum absolute atomic E-state index is 5.85. The molecule has 2 unspecified atom stereocenters. The van der Waals surface area contributed by atoms with Crippen molar-refractivity contribution in [3.63, 3.8) is 0 Å². The van der Waals surface area contributed by atoms with Gasteiger partial charge in [0.25, 0.3) is 0 Å². The van der Waals surface area contributed by atoms with E-state index in [0.29, 0.717) is 11.8 Å². The highest BCUT2D eigenvalue weighted by Crippen LogP contribution is 2.27. The van der Waals surface area contributed by atoms with Gasteiger partial charge in [-0.1, -0.05) is 34.1 Å². The Morgan fingerprint density at radius 3 is 2.14 bits per heavy atom. The molecule has 0 aromatic carbocycles. The van der Waals surface area contributed by atoms with Crippen LogP contribution in [-0.4, -0.2) is 0 Å². The van der Waals surface area contributed by atoms with Gasteiger partial charge in [-0.2, -0.15) is 0 Å². The standard InChI is InChI=1S/C13H22O/c1-5-7-11(4)13-9-8-12(14-13)10(3)6-2/h8-11H,5-7H2,1-4H3. The number of furan rings is 1. The van der Waals surface area contributed by atoms with Gasteiger partial charge in [-0.3, -0.25) is 0 Å². The minimum atomic E-state index is 0.553. The van der Waals surface area contributed by atoms with Gasteiger partial charge >= 0.3 is 0 Å². The van der Waals surface area contributed by atoms with Gasteiger partial charge in [0.1, 0.15) is 11.5 Å². The lowest BCUT2D eigenvalue weighted by molar-refractivity contribution is 0.406. The maximum atomic E-state index is 5.85. The van der Waals surface area contributed by atoms with Crippen molar-refractivity contribution in [3.8, 4) is 0 Å². The monoisotopic (exact) mass is 194 g/mol. The van der Waals surface area contributed by atoms with Gasteiger partial charge < -0.3 is 4.42 Å². The minimum Gasteiger partial charge on any atom is -0.466 e. The number of rotatable bonds is 5. The summed E-state index contributed by atoms with van der Waals surface area (Å²) < 4.78 is 5.85. The molecule has 0 radical (unpaired) electrons. The van der Waals surface area contributed by atoms with Gasteiger partial charge in [0.05, 0.1) is 0 Å². The first-order valence-corrected chi connectivity index (χ1v) is 5.78. The van der Waals surface area contributed by atoms with Gasteiger partial charge in [-0.25, -0.2) is 0 Å². The van der Waals surface area contributed by atoms with Crippen molar-refractivity contribution in [2.75, 3.05) is 0 Å². The smallest absolute Gasteiger partial charge is 0.106 e. The SMILES string of the molecule is CCCC(C)c1ccc(C(C)CC)o1.